The molecule has 3 aliphatic rings. The van der Waals surface area contributed by atoms with Crippen LogP contribution in [0.25, 0.3) is 0 Å². The quantitative estimate of drug-likeness (QED) is 0.579. The zero-order chi connectivity index (χ0) is 24.2. The van der Waals surface area contributed by atoms with Crippen molar-refractivity contribution < 1.29 is 23.5 Å². The van der Waals surface area contributed by atoms with E-state index in [2.05, 4.69) is 22.5 Å². The summed E-state index contributed by atoms with van der Waals surface area (Å²) in [5.41, 5.74) is 3.04. The lowest BCUT2D eigenvalue weighted by Crippen LogP contribution is -2.53. The van der Waals surface area contributed by atoms with Gasteiger partial charge in [0, 0.05) is 12.7 Å². The van der Waals surface area contributed by atoms with E-state index in [1.165, 1.54) is 23.4 Å². The maximum absolute atomic E-state index is 15.1. The third-order valence-electron chi connectivity index (χ3n) is 6.83. The van der Waals surface area contributed by atoms with E-state index in [1.807, 2.05) is 6.07 Å². The second-order valence-corrected chi connectivity index (χ2v) is 9.55. The molecule has 35 heavy (non-hydrogen) atoms. The van der Waals surface area contributed by atoms with E-state index in [9.17, 15) is 9.59 Å². The third-order valence-corrected chi connectivity index (χ3v) is 7.12. The number of nitrogens with zero attached hydrogens (tertiary/aromatic N) is 3. The molecule has 3 aliphatic heterocycles. The van der Waals surface area contributed by atoms with Gasteiger partial charge in [-0.15, -0.1) is 0 Å². The number of hydrogen-bond donors (Lipinski definition) is 1. The zero-order valence-corrected chi connectivity index (χ0v) is 19.5. The number of nitrogens with one attached hydrogen (secondary N) is 1. The predicted octanol–water partition coefficient (Wildman–Crippen LogP) is 4.45. The van der Waals surface area contributed by atoms with Gasteiger partial charge in [0.2, 0.25) is 0 Å². The van der Waals surface area contributed by atoms with Crippen molar-refractivity contribution in [3.05, 3.63) is 81.4 Å². The van der Waals surface area contributed by atoms with E-state index in [1.54, 1.807) is 21.8 Å². The minimum atomic E-state index is -1.30. The molecule has 8 nitrogen and oxygen atoms in total. The summed E-state index contributed by atoms with van der Waals surface area (Å²) >= 11 is 6.04. The molecular weight excluding hydrogens is 475 g/mol. The van der Waals surface area contributed by atoms with Gasteiger partial charge < -0.3 is 14.4 Å². The highest BCUT2D eigenvalue weighted by Crippen LogP contribution is 2.45. The van der Waals surface area contributed by atoms with E-state index >= 15 is 4.39 Å². The molecule has 1 saturated heterocycles. The first-order valence-corrected chi connectivity index (χ1v) is 11.8. The monoisotopic (exact) mass is 496 g/mol. The average Bonchev–Trinajstić information content (AvgIpc) is 3.50. The highest BCUT2D eigenvalue weighted by atomic mass is 35.5. The maximum atomic E-state index is 15.1. The van der Waals surface area contributed by atoms with Crippen molar-refractivity contribution in [1.29, 1.82) is 0 Å². The van der Waals surface area contributed by atoms with Crippen molar-refractivity contribution in [2.24, 2.45) is 0 Å². The molecule has 10 heteroatoms. The molecular formula is C25H22ClFN4O4. The topological polar surface area (TPSA) is 85.7 Å². The smallest absolute Gasteiger partial charge is 0.412 e. The number of halogens is 2. The van der Waals surface area contributed by atoms with Gasteiger partial charge in [0.15, 0.2) is 11.4 Å². The molecule has 2 amide bonds. The summed E-state index contributed by atoms with van der Waals surface area (Å²) in [6.45, 7) is 2.25. The Morgan fingerprint density at radius 3 is 2.97 bits per heavy atom. The van der Waals surface area contributed by atoms with Gasteiger partial charge in [0.1, 0.15) is 0 Å². The first-order chi connectivity index (χ1) is 16.9. The zero-order valence-electron chi connectivity index (χ0n) is 18.7. The number of benzene rings is 2. The molecule has 3 aromatic rings. The average molecular weight is 497 g/mol. The van der Waals surface area contributed by atoms with E-state index < -0.39 is 17.5 Å². The van der Waals surface area contributed by atoms with Crippen molar-refractivity contribution in [2.45, 2.75) is 38.2 Å². The number of carbonyl (C=O) groups is 2. The number of anilines is 1. The minimum Gasteiger partial charge on any atom is -0.436 e. The molecule has 180 valence electrons. The fraction of sp³-hybridized carbons (Fsp3) is 0.320. The largest absolute Gasteiger partial charge is 0.436 e. The van der Waals surface area contributed by atoms with Crippen LogP contribution in [0.1, 0.15) is 45.5 Å². The van der Waals surface area contributed by atoms with Gasteiger partial charge in [-0.3, -0.25) is 14.8 Å². The highest BCUT2D eigenvalue weighted by Gasteiger charge is 2.48. The van der Waals surface area contributed by atoms with Crippen LogP contribution in [-0.2, 0) is 34.8 Å². The standard InChI is InChI=1S/C25H22ClFN4O4/c26-19-4-5-20-21(22(19)27)25(35-24(33)29-20)6-1-7-30(14-25)23(32)18-9-28-31(11-18)10-15-2-3-16-12-34-13-17(16)8-15/h2-5,8-9,11H,1,6-7,10,12-14H2,(H,29,33)/t25-/m0/s1. The molecule has 1 aromatic heterocycles. The molecule has 1 fully saturated rings. The van der Waals surface area contributed by atoms with Crippen molar-refractivity contribution in [3.63, 3.8) is 0 Å². The highest BCUT2D eigenvalue weighted by molar-refractivity contribution is 6.31. The number of rotatable bonds is 3. The molecule has 6 rings (SSSR count). The Hall–Kier alpha value is -3.43. The Balaban J connectivity index is 1.24. The molecule has 2 aromatic carbocycles. The minimum absolute atomic E-state index is 0.0273. The SMILES string of the molecule is O=C1Nc2ccc(Cl)c(F)c2[C@@]2(CCCN(C(=O)c3cnn(Cc4ccc5c(c4)COC5)c3)C2)O1. The van der Waals surface area contributed by atoms with Crippen LogP contribution in [0.5, 0.6) is 0 Å². The summed E-state index contributed by atoms with van der Waals surface area (Å²) in [4.78, 5) is 27.2. The van der Waals surface area contributed by atoms with Crippen LogP contribution in [0.4, 0.5) is 14.9 Å². The van der Waals surface area contributed by atoms with Crippen molar-refractivity contribution in [2.75, 3.05) is 18.4 Å². The number of ether oxygens (including phenoxy) is 2. The molecule has 0 unspecified atom stereocenters. The Morgan fingerprint density at radius 2 is 2.09 bits per heavy atom. The van der Waals surface area contributed by atoms with E-state index in [-0.39, 0.29) is 23.0 Å². The molecule has 1 spiro atoms. The molecule has 4 heterocycles. The fourth-order valence-corrected chi connectivity index (χ4v) is 5.36. The molecule has 1 N–H and O–H groups in total. The number of amides is 2. The molecule has 0 aliphatic carbocycles. The Morgan fingerprint density at radius 1 is 1.23 bits per heavy atom. The molecule has 0 radical (unpaired) electrons. The molecule has 1 atom stereocenters. The number of aromatic nitrogens is 2. The first-order valence-electron chi connectivity index (χ1n) is 11.4. The van der Waals surface area contributed by atoms with Crippen LogP contribution in [-0.4, -0.2) is 39.8 Å². The normalized spacial score (nSPS) is 20.9. The van der Waals surface area contributed by atoms with Crippen LogP contribution in [0.3, 0.4) is 0 Å². The lowest BCUT2D eigenvalue weighted by atomic mass is 9.83. The van der Waals surface area contributed by atoms with Gasteiger partial charge in [-0.25, -0.2) is 9.18 Å². The molecule has 0 bridgehead atoms. The lowest BCUT2D eigenvalue weighted by Gasteiger charge is -2.45. The van der Waals surface area contributed by atoms with Crippen LogP contribution in [0.15, 0.2) is 42.7 Å². The fourth-order valence-electron chi connectivity index (χ4n) is 5.20. The van der Waals surface area contributed by atoms with Crippen LogP contribution in [0, 0.1) is 5.82 Å². The second kappa shape index (κ2) is 8.35. The summed E-state index contributed by atoms with van der Waals surface area (Å²) < 4.78 is 27.9. The summed E-state index contributed by atoms with van der Waals surface area (Å²) in [5.74, 6) is -0.901. The van der Waals surface area contributed by atoms with Crippen molar-refractivity contribution >= 4 is 29.3 Å². The second-order valence-electron chi connectivity index (χ2n) is 9.15. The van der Waals surface area contributed by atoms with E-state index in [0.29, 0.717) is 50.4 Å². The third kappa shape index (κ3) is 3.84. The molecule has 0 saturated carbocycles. The van der Waals surface area contributed by atoms with Gasteiger partial charge in [-0.2, -0.15) is 5.10 Å². The Labute approximate surface area is 205 Å². The van der Waals surface area contributed by atoms with Crippen LogP contribution >= 0.6 is 11.6 Å². The van der Waals surface area contributed by atoms with Gasteiger partial charge in [0.25, 0.3) is 5.91 Å². The maximum Gasteiger partial charge on any atom is 0.412 e. The lowest BCUT2D eigenvalue weighted by molar-refractivity contribution is -0.0418. The first kappa shape index (κ1) is 22.1. The van der Waals surface area contributed by atoms with Crippen LogP contribution in [0.2, 0.25) is 5.02 Å². The number of carbonyl (C=O) groups excluding carboxylic acids is 2. The Bertz CT molecular complexity index is 1360. The van der Waals surface area contributed by atoms with Crippen molar-refractivity contribution in [1.82, 2.24) is 14.7 Å². The summed E-state index contributed by atoms with van der Waals surface area (Å²) in [6, 6.07) is 9.14. The number of likely N-dealkylation sites (tertiary alicyclic amines) is 1. The summed E-state index contributed by atoms with van der Waals surface area (Å²) in [6.07, 6.45) is 3.47. The van der Waals surface area contributed by atoms with E-state index in [4.69, 9.17) is 21.1 Å². The number of fused-ring (bicyclic) bond motifs is 3. The van der Waals surface area contributed by atoms with Gasteiger partial charge in [0.05, 0.1) is 54.3 Å². The van der Waals surface area contributed by atoms with Gasteiger partial charge >= 0.3 is 6.09 Å². The number of hydrogen-bond acceptors (Lipinski definition) is 5. The van der Waals surface area contributed by atoms with E-state index in [0.717, 1.165) is 5.56 Å². The predicted molar refractivity (Wildman–Crippen MR) is 125 cm³/mol. The van der Waals surface area contributed by atoms with Gasteiger partial charge in [-0.1, -0.05) is 29.8 Å². The summed E-state index contributed by atoms with van der Waals surface area (Å²) in [5, 5.41) is 6.83. The summed E-state index contributed by atoms with van der Waals surface area (Å²) in [7, 11) is 0. The van der Waals surface area contributed by atoms with Gasteiger partial charge in [-0.05, 0) is 41.7 Å². The Kier molecular flexibility index (Phi) is 5.26. The van der Waals surface area contributed by atoms with Crippen molar-refractivity contribution in [3.8, 4) is 0 Å². The number of piperidine rings is 1. The van der Waals surface area contributed by atoms with Crippen LogP contribution < -0.4 is 5.32 Å².